The minimum absolute atomic E-state index is 0.230. The third-order valence-electron chi connectivity index (χ3n) is 6.84. The molecule has 1 aromatic carbocycles. The van der Waals surface area contributed by atoms with Gasteiger partial charge in [0.1, 0.15) is 6.10 Å². The molecule has 2 aliphatic heterocycles. The van der Waals surface area contributed by atoms with Crippen LogP contribution >= 0.6 is 23.2 Å². The fraction of sp³-hybridized carbons (Fsp3) is 0.524. The van der Waals surface area contributed by atoms with E-state index in [1.54, 1.807) is 12.1 Å². The summed E-state index contributed by atoms with van der Waals surface area (Å²) in [7, 11) is 0. The minimum atomic E-state index is -1.99. The van der Waals surface area contributed by atoms with Gasteiger partial charge in [-0.1, -0.05) is 42.6 Å². The van der Waals surface area contributed by atoms with Crippen LogP contribution in [0.3, 0.4) is 0 Å². The molecular formula is C21H18Cl2N4O2. The fourth-order valence-corrected chi connectivity index (χ4v) is 5.79. The van der Waals surface area contributed by atoms with Crippen molar-refractivity contribution in [2.24, 2.45) is 22.7 Å². The Morgan fingerprint density at radius 2 is 1.93 bits per heavy atom. The van der Waals surface area contributed by atoms with Crippen molar-refractivity contribution in [2.75, 3.05) is 0 Å². The predicted molar refractivity (Wildman–Crippen MR) is 105 cm³/mol. The highest BCUT2D eigenvalue weighted by molar-refractivity contribution is 6.35. The summed E-state index contributed by atoms with van der Waals surface area (Å²) in [5, 5.41) is 40.0. The van der Waals surface area contributed by atoms with E-state index >= 15 is 0 Å². The van der Waals surface area contributed by atoms with E-state index < -0.39 is 28.6 Å². The van der Waals surface area contributed by atoms with E-state index in [-0.39, 0.29) is 10.9 Å². The van der Waals surface area contributed by atoms with Gasteiger partial charge >= 0.3 is 0 Å². The summed E-state index contributed by atoms with van der Waals surface area (Å²) in [5.41, 5.74) is -3.35. The van der Waals surface area contributed by atoms with Crippen LogP contribution in [0.25, 0.3) is 0 Å². The third kappa shape index (κ3) is 2.33. The molecular weight excluding hydrogens is 411 g/mol. The van der Waals surface area contributed by atoms with Crippen molar-refractivity contribution in [1.82, 2.24) is 0 Å². The van der Waals surface area contributed by atoms with Gasteiger partial charge in [-0.2, -0.15) is 15.8 Å². The first-order valence-corrected chi connectivity index (χ1v) is 10.2. The number of nitrogens with zero attached hydrogens (tertiary/aromatic N) is 3. The number of ether oxygens (including phenoxy) is 2. The quantitative estimate of drug-likeness (QED) is 0.699. The van der Waals surface area contributed by atoms with Gasteiger partial charge in [-0.25, -0.2) is 0 Å². The highest BCUT2D eigenvalue weighted by Gasteiger charge is 2.81. The number of benzene rings is 1. The summed E-state index contributed by atoms with van der Waals surface area (Å²) >= 11 is 12.4. The molecule has 29 heavy (non-hydrogen) atoms. The van der Waals surface area contributed by atoms with Crippen molar-refractivity contribution in [2.45, 2.75) is 44.5 Å². The Morgan fingerprint density at radius 1 is 1.21 bits per heavy atom. The highest BCUT2D eigenvalue weighted by Crippen LogP contribution is 2.70. The second-order valence-electron chi connectivity index (χ2n) is 7.96. The molecule has 1 N–H and O–H groups in total. The van der Waals surface area contributed by atoms with Crippen molar-refractivity contribution in [1.29, 1.82) is 21.2 Å². The molecule has 8 heteroatoms. The zero-order chi connectivity index (χ0) is 21.0. The summed E-state index contributed by atoms with van der Waals surface area (Å²) in [6.07, 6.45) is 1.60. The molecule has 0 spiro atoms. The van der Waals surface area contributed by atoms with Crippen molar-refractivity contribution in [3.8, 4) is 18.2 Å². The molecule has 0 amide bonds. The number of rotatable bonds is 2. The van der Waals surface area contributed by atoms with E-state index in [4.69, 9.17) is 38.1 Å². The van der Waals surface area contributed by atoms with Gasteiger partial charge in [-0.15, -0.1) is 0 Å². The van der Waals surface area contributed by atoms with Gasteiger partial charge in [0.15, 0.2) is 5.41 Å². The summed E-state index contributed by atoms with van der Waals surface area (Å²) in [6, 6.07) is 11.0. The second-order valence-corrected chi connectivity index (χ2v) is 8.80. The molecule has 6 nitrogen and oxygen atoms in total. The van der Waals surface area contributed by atoms with Crippen LogP contribution in [0.5, 0.6) is 0 Å². The SMILES string of the molecule is CCC1CCC23OC(=N)C(C#N)(C2C1)C(C#N)(C#N)C(c1ccc(Cl)cc1Cl)O3. The van der Waals surface area contributed by atoms with E-state index in [9.17, 15) is 15.8 Å². The molecule has 1 aromatic rings. The first-order chi connectivity index (χ1) is 13.8. The van der Waals surface area contributed by atoms with Gasteiger partial charge in [0, 0.05) is 22.0 Å². The first kappa shape index (κ1) is 20.0. The summed E-state index contributed by atoms with van der Waals surface area (Å²) in [6.45, 7) is 2.07. The lowest BCUT2D eigenvalue weighted by Crippen LogP contribution is -2.61. The van der Waals surface area contributed by atoms with Crippen molar-refractivity contribution >= 4 is 29.1 Å². The number of nitriles is 3. The highest BCUT2D eigenvalue weighted by atomic mass is 35.5. The molecule has 2 heterocycles. The average molecular weight is 429 g/mol. The largest absolute Gasteiger partial charge is 0.447 e. The van der Waals surface area contributed by atoms with Crippen LogP contribution in [0.1, 0.15) is 44.3 Å². The zero-order valence-corrected chi connectivity index (χ0v) is 17.2. The van der Waals surface area contributed by atoms with Gasteiger partial charge < -0.3 is 9.47 Å². The average Bonchev–Trinajstić information content (AvgIpc) is 2.92. The molecule has 2 bridgehead atoms. The number of nitrogens with one attached hydrogen (secondary N) is 1. The van der Waals surface area contributed by atoms with E-state index in [2.05, 4.69) is 13.0 Å². The standard InChI is InChI=1S/C21H18Cl2N4O2/c1-2-12-5-6-21-16(7-12)20(11-26,18(27)29-21)19(9-24,10-25)17(28-21)14-4-3-13(22)8-15(14)23/h3-4,8,12,16-17,27H,2,5-7H2,1H3. The van der Waals surface area contributed by atoms with Crippen LogP contribution in [0.2, 0.25) is 10.0 Å². The molecule has 0 aromatic heterocycles. The van der Waals surface area contributed by atoms with Crippen LogP contribution < -0.4 is 0 Å². The Labute approximate surface area is 179 Å². The number of halogens is 2. The van der Waals surface area contributed by atoms with Gasteiger partial charge in [0.05, 0.1) is 24.1 Å². The Morgan fingerprint density at radius 3 is 2.52 bits per heavy atom. The first-order valence-electron chi connectivity index (χ1n) is 9.48. The Kier molecular flexibility index (Phi) is 4.56. The van der Waals surface area contributed by atoms with Crippen LogP contribution in [0.4, 0.5) is 0 Å². The van der Waals surface area contributed by atoms with E-state index in [0.717, 1.165) is 12.8 Å². The van der Waals surface area contributed by atoms with Gasteiger partial charge in [0.2, 0.25) is 17.1 Å². The van der Waals surface area contributed by atoms with Crippen LogP contribution in [0, 0.1) is 62.1 Å². The number of hydrogen-bond acceptors (Lipinski definition) is 6. The Hall–Kier alpha value is -2.30. The zero-order valence-electron chi connectivity index (χ0n) is 15.7. The van der Waals surface area contributed by atoms with E-state index in [0.29, 0.717) is 29.3 Å². The normalized spacial score (nSPS) is 36.8. The molecule has 1 saturated carbocycles. The van der Waals surface area contributed by atoms with Gasteiger partial charge in [-0.05, 0) is 30.9 Å². The molecule has 5 atom stereocenters. The molecule has 2 saturated heterocycles. The number of hydrogen-bond donors (Lipinski definition) is 1. The molecule has 148 valence electrons. The van der Waals surface area contributed by atoms with Crippen molar-refractivity contribution < 1.29 is 9.47 Å². The summed E-state index contributed by atoms with van der Waals surface area (Å²) in [5.74, 6) is -1.85. The van der Waals surface area contributed by atoms with Gasteiger partial charge in [-0.3, -0.25) is 5.41 Å². The molecule has 1 aliphatic carbocycles. The topological polar surface area (TPSA) is 114 Å². The predicted octanol–water partition coefficient (Wildman–Crippen LogP) is 5.14. The van der Waals surface area contributed by atoms with Crippen molar-refractivity contribution in [3.63, 3.8) is 0 Å². The Bertz CT molecular complexity index is 1010. The van der Waals surface area contributed by atoms with Crippen LogP contribution in [0.15, 0.2) is 18.2 Å². The lowest BCUT2D eigenvalue weighted by Gasteiger charge is -2.52. The third-order valence-corrected chi connectivity index (χ3v) is 7.40. The maximum absolute atomic E-state index is 10.3. The summed E-state index contributed by atoms with van der Waals surface area (Å²) in [4.78, 5) is 0. The lowest BCUT2D eigenvalue weighted by molar-refractivity contribution is -0.299. The van der Waals surface area contributed by atoms with E-state index in [1.807, 2.05) is 12.1 Å². The van der Waals surface area contributed by atoms with Crippen LogP contribution in [-0.2, 0) is 9.47 Å². The maximum Gasteiger partial charge on any atom is 0.217 e. The van der Waals surface area contributed by atoms with Crippen molar-refractivity contribution in [3.05, 3.63) is 33.8 Å². The molecule has 0 radical (unpaired) electrons. The van der Waals surface area contributed by atoms with E-state index in [1.165, 1.54) is 6.07 Å². The van der Waals surface area contributed by atoms with Crippen LogP contribution in [-0.4, -0.2) is 11.7 Å². The molecule has 4 rings (SSSR count). The van der Waals surface area contributed by atoms with Gasteiger partial charge in [0.25, 0.3) is 0 Å². The second kappa shape index (κ2) is 6.61. The molecule has 5 unspecified atom stereocenters. The molecule has 3 aliphatic rings. The lowest BCUT2D eigenvalue weighted by atomic mass is 9.50. The fourth-order valence-electron chi connectivity index (χ4n) is 5.28. The monoisotopic (exact) mass is 428 g/mol. The smallest absolute Gasteiger partial charge is 0.217 e. The summed E-state index contributed by atoms with van der Waals surface area (Å²) < 4.78 is 12.3. The Balaban J connectivity index is 1.99. The maximum atomic E-state index is 10.3. The minimum Gasteiger partial charge on any atom is -0.447 e. The molecule has 3 fully saturated rings.